The Kier molecular flexibility index (Phi) is 5.11. The van der Waals surface area contributed by atoms with Gasteiger partial charge in [0.25, 0.3) is 5.91 Å². The molecule has 1 heterocycles. The van der Waals surface area contributed by atoms with E-state index in [1.807, 2.05) is 12.1 Å². The van der Waals surface area contributed by atoms with Gasteiger partial charge in [-0.15, -0.1) is 0 Å². The van der Waals surface area contributed by atoms with E-state index in [1.54, 1.807) is 0 Å². The van der Waals surface area contributed by atoms with Crippen LogP contribution in [0, 0.1) is 5.92 Å². The van der Waals surface area contributed by atoms with Crippen molar-refractivity contribution in [1.29, 1.82) is 0 Å². The summed E-state index contributed by atoms with van der Waals surface area (Å²) < 4.78 is 0. The fourth-order valence-corrected chi connectivity index (χ4v) is 4.08. The number of Topliss-reactive ketones (excluding diaryl/α,β-unsaturated/α-hetero) is 1. The van der Waals surface area contributed by atoms with Gasteiger partial charge in [0, 0.05) is 19.0 Å². The molecule has 4 nitrogen and oxygen atoms in total. The number of nitrogens with zero attached hydrogens (tertiary/aromatic N) is 1. The average molecular weight is 314 g/mol. The standard InChI is InChI=1S/C19H26N2O2/c20-19(23)18(22)12-14-7-9-16(10-8-14)17-6-3-11-21(17)13-15-4-1-2-5-15/h7-10,15,17H,1-6,11-13H2,(H2,20,23). The van der Waals surface area contributed by atoms with Crippen molar-refractivity contribution >= 4 is 11.7 Å². The highest BCUT2D eigenvalue weighted by atomic mass is 16.2. The fourth-order valence-electron chi connectivity index (χ4n) is 4.08. The quantitative estimate of drug-likeness (QED) is 0.821. The summed E-state index contributed by atoms with van der Waals surface area (Å²) in [5.74, 6) is -0.503. The van der Waals surface area contributed by atoms with Crippen LogP contribution in [0.3, 0.4) is 0 Å². The molecule has 1 aromatic carbocycles. The highest BCUT2D eigenvalue weighted by Gasteiger charge is 2.28. The third-order valence-corrected chi connectivity index (χ3v) is 5.34. The molecule has 1 aliphatic carbocycles. The van der Waals surface area contributed by atoms with Crippen LogP contribution >= 0.6 is 0 Å². The molecule has 0 radical (unpaired) electrons. The van der Waals surface area contributed by atoms with Crippen LogP contribution in [0.15, 0.2) is 24.3 Å². The number of rotatable bonds is 6. The molecule has 1 saturated heterocycles. The molecular weight excluding hydrogens is 288 g/mol. The Morgan fingerprint density at radius 1 is 1.04 bits per heavy atom. The van der Waals surface area contributed by atoms with E-state index in [9.17, 15) is 9.59 Å². The van der Waals surface area contributed by atoms with E-state index in [1.165, 1.54) is 57.2 Å². The average Bonchev–Trinajstić information content (AvgIpc) is 3.20. The Hall–Kier alpha value is -1.68. The summed E-state index contributed by atoms with van der Waals surface area (Å²) in [4.78, 5) is 24.9. The van der Waals surface area contributed by atoms with Gasteiger partial charge in [0.05, 0.1) is 0 Å². The van der Waals surface area contributed by atoms with E-state index < -0.39 is 11.7 Å². The number of benzene rings is 1. The molecule has 2 N–H and O–H groups in total. The minimum atomic E-state index is -0.854. The fraction of sp³-hybridized carbons (Fsp3) is 0.579. The maximum atomic E-state index is 11.4. The molecular formula is C19H26N2O2. The lowest BCUT2D eigenvalue weighted by atomic mass is 9.99. The maximum Gasteiger partial charge on any atom is 0.285 e. The summed E-state index contributed by atoms with van der Waals surface area (Å²) in [6.45, 7) is 2.43. The molecule has 1 amide bonds. The summed E-state index contributed by atoms with van der Waals surface area (Å²) in [7, 11) is 0. The molecule has 23 heavy (non-hydrogen) atoms. The molecule has 2 fully saturated rings. The lowest BCUT2D eigenvalue weighted by Gasteiger charge is -2.27. The first-order chi connectivity index (χ1) is 11.1. The predicted molar refractivity (Wildman–Crippen MR) is 89.9 cm³/mol. The second-order valence-electron chi connectivity index (χ2n) is 7.01. The number of carbonyl (C=O) groups is 2. The van der Waals surface area contributed by atoms with E-state index in [0.717, 1.165) is 11.5 Å². The molecule has 2 aliphatic rings. The molecule has 3 rings (SSSR count). The van der Waals surface area contributed by atoms with Gasteiger partial charge in [-0.1, -0.05) is 37.1 Å². The van der Waals surface area contributed by atoms with Crippen molar-refractivity contribution in [2.24, 2.45) is 11.7 Å². The number of likely N-dealkylation sites (tertiary alicyclic amines) is 1. The Balaban J connectivity index is 1.63. The highest BCUT2D eigenvalue weighted by Crippen LogP contribution is 2.35. The lowest BCUT2D eigenvalue weighted by molar-refractivity contribution is -0.135. The van der Waals surface area contributed by atoms with Gasteiger partial charge in [-0.3, -0.25) is 14.5 Å². The molecule has 0 aromatic heterocycles. The van der Waals surface area contributed by atoms with Crippen molar-refractivity contribution in [3.8, 4) is 0 Å². The van der Waals surface area contributed by atoms with Crippen LogP contribution in [-0.4, -0.2) is 29.7 Å². The van der Waals surface area contributed by atoms with Gasteiger partial charge in [0.2, 0.25) is 5.78 Å². The topological polar surface area (TPSA) is 63.4 Å². The zero-order chi connectivity index (χ0) is 16.2. The zero-order valence-electron chi connectivity index (χ0n) is 13.7. The number of carbonyl (C=O) groups excluding carboxylic acids is 2. The van der Waals surface area contributed by atoms with Gasteiger partial charge >= 0.3 is 0 Å². The first-order valence-electron chi connectivity index (χ1n) is 8.79. The first-order valence-corrected chi connectivity index (χ1v) is 8.79. The van der Waals surface area contributed by atoms with Crippen molar-refractivity contribution in [2.75, 3.05) is 13.1 Å². The van der Waals surface area contributed by atoms with E-state index in [-0.39, 0.29) is 6.42 Å². The number of hydrogen-bond acceptors (Lipinski definition) is 3. The van der Waals surface area contributed by atoms with Crippen molar-refractivity contribution in [2.45, 2.75) is 51.0 Å². The minimum absolute atomic E-state index is 0.103. The highest BCUT2D eigenvalue weighted by molar-refractivity contribution is 6.35. The summed E-state index contributed by atoms with van der Waals surface area (Å²) in [6.07, 6.45) is 8.14. The molecule has 4 heteroatoms. The molecule has 1 atom stereocenters. The van der Waals surface area contributed by atoms with E-state index in [4.69, 9.17) is 5.73 Å². The smallest absolute Gasteiger partial charge is 0.285 e. The molecule has 0 spiro atoms. The number of nitrogens with two attached hydrogens (primary N) is 1. The summed E-state index contributed by atoms with van der Waals surface area (Å²) in [5, 5.41) is 0. The Labute approximate surface area is 138 Å². The number of primary amides is 1. The van der Waals surface area contributed by atoms with Gasteiger partial charge in [-0.05, 0) is 49.3 Å². The summed E-state index contributed by atoms with van der Waals surface area (Å²) in [5.41, 5.74) is 7.20. The summed E-state index contributed by atoms with van der Waals surface area (Å²) >= 11 is 0. The van der Waals surface area contributed by atoms with Crippen molar-refractivity contribution in [3.05, 3.63) is 35.4 Å². The third-order valence-electron chi connectivity index (χ3n) is 5.34. The third kappa shape index (κ3) is 3.99. The molecule has 1 aliphatic heterocycles. The van der Waals surface area contributed by atoms with Crippen LogP contribution in [0.1, 0.15) is 55.7 Å². The lowest BCUT2D eigenvalue weighted by Crippen LogP contribution is -2.28. The molecule has 1 saturated carbocycles. The maximum absolute atomic E-state index is 11.4. The van der Waals surface area contributed by atoms with Crippen LogP contribution in [0.25, 0.3) is 0 Å². The minimum Gasteiger partial charge on any atom is -0.363 e. The van der Waals surface area contributed by atoms with Crippen LogP contribution in [-0.2, 0) is 16.0 Å². The van der Waals surface area contributed by atoms with Crippen molar-refractivity contribution in [1.82, 2.24) is 4.90 Å². The largest absolute Gasteiger partial charge is 0.363 e. The number of ketones is 1. The van der Waals surface area contributed by atoms with E-state index >= 15 is 0 Å². The molecule has 1 aromatic rings. The van der Waals surface area contributed by atoms with E-state index in [2.05, 4.69) is 17.0 Å². The Bertz CT molecular complexity index is 561. The van der Waals surface area contributed by atoms with Gasteiger partial charge in [-0.2, -0.15) is 0 Å². The second-order valence-corrected chi connectivity index (χ2v) is 7.01. The normalized spacial score (nSPS) is 22.5. The number of hydrogen-bond donors (Lipinski definition) is 1. The first kappa shape index (κ1) is 16.2. The predicted octanol–water partition coefficient (Wildman–Crippen LogP) is 2.61. The van der Waals surface area contributed by atoms with Gasteiger partial charge < -0.3 is 5.73 Å². The van der Waals surface area contributed by atoms with Crippen LogP contribution < -0.4 is 5.73 Å². The Morgan fingerprint density at radius 3 is 2.39 bits per heavy atom. The van der Waals surface area contributed by atoms with Crippen LogP contribution in [0.2, 0.25) is 0 Å². The van der Waals surface area contributed by atoms with E-state index in [0.29, 0.717) is 6.04 Å². The molecule has 124 valence electrons. The SMILES string of the molecule is NC(=O)C(=O)Cc1ccc(C2CCCN2CC2CCCC2)cc1. The second kappa shape index (κ2) is 7.26. The van der Waals surface area contributed by atoms with Gasteiger partial charge in [0.1, 0.15) is 0 Å². The van der Waals surface area contributed by atoms with Crippen LogP contribution in [0.4, 0.5) is 0 Å². The van der Waals surface area contributed by atoms with Gasteiger partial charge in [-0.25, -0.2) is 0 Å². The van der Waals surface area contributed by atoms with Gasteiger partial charge in [0.15, 0.2) is 0 Å². The summed E-state index contributed by atoms with van der Waals surface area (Å²) in [6, 6.07) is 8.66. The van der Waals surface area contributed by atoms with Crippen molar-refractivity contribution < 1.29 is 9.59 Å². The Morgan fingerprint density at radius 2 is 1.74 bits per heavy atom. The molecule has 1 unspecified atom stereocenters. The van der Waals surface area contributed by atoms with Crippen LogP contribution in [0.5, 0.6) is 0 Å². The molecule has 0 bridgehead atoms. The zero-order valence-corrected chi connectivity index (χ0v) is 13.7. The van der Waals surface area contributed by atoms with Crippen molar-refractivity contribution in [3.63, 3.8) is 0 Å². The number of amides is 1. The monoisotopic (exact) mass is 314 g/mol.